The Labute approximate surface area is 108 Å². The highest BCUT2D eigenvalue weighted by atomic mass is 35.5. The van der Waals surface area contributed by atoms with Gasteiger partial charge in [-0.2, -0.15) is 0 Å². The molecule has 4 heteroatoms. The lowest BCUT2D eigenvalue weighted by atomic mass is 10.1. The summed E-state index contributed by atoms with van der Waals surface area (Å²) in [5, 5.41) is 3.44. The van der Waals surface area contributed by atoms with Crippen LogP contribution in [0, 0.1) is 12.7 Å². The number of piperazine rings is 1. The van der Waals surface area contributed by atoms with Gasteiger partial charge < -0.3 is 10.2 Å². The third-order valence-corrected chi connectivity index (χ3v) is 3.75. The molecule has 1 N–H and O–H groups in total. The SMILES string of the molecule is Cc1cc(F)cc2c1N1C(C)CNCC1C2.Cl. The van der Waals surface area contributed by atoms with Gasteiger partial charge in [0.1, 0.15) is 5.82 Å². The average Bonchev–Trinajstić information content (AvgIpc) is 2.56. The van der Waals surface area contributed by atoms with Crippen molar-refractivity contribution in [3.05, 3.63) is 29.1 Å². The van der Waals surface area contributed by atoms with Gasteiger partial charge >= 0.3 is 0 Å². The molecule has 0 amide bonds. The summed E-state index contributed by atoms with van der Waals surface area (Å²) in [7, 11) is 0. The monoisotopic (exact) mass is 256 g/mol. The van der Waals surface area contributed by atoms with Gasteiger partial charge in [-0.1, -0.05) is 0 Å². The Kier molecular flexibility index (Phi) is 3.32. The Bertz CT molecular complexity index is 436. The molecule has 2 atom stereocenters. The first-order chi connectivity index (χ1) is 7.66. The summed E-state index contributed by atoms with van der Waals surface area (Å²) in [5.74, 6) is -0.100. The number of nitrogens with one attached hydrogen (secondary N) is 1. The zero-order chi connectivity index (χ0) is 11.3. The van der Waals surface area contributed by atoms with Gasteiger partial charge in [0.05, 0.1) is 0 Å². The van der Waals surface area contributed by atoms with Gasteiger partial charge in [-0.15, -0.1) is 12.4 Å². The second-order valence-electron chi connectivity index (χ2n) is 5.00. The molecule has 0 spiro atoms. The third kappa shape index (κ3) is 1.91. The lowest BCUT2D eigenvalue weighted by Crippen LogP contribution is -2.55. The van der Waals surface area contributed by atoms with Crippen molar-refractivity contribution < 1.29 is 4.39 Å². The van der Waals surface area contributed by atoms with Gasteiger partial charge in [-0.3, -0.25) is 0 Å². The summed E-state index contributed by atoms with van der Waals surface area (Å²) in [4.78, 5) is 2.47. The van der Waals surface area contributed by atoms with E-state index in [1.807, 2.05) is 6.92 Å². The number of halogens is 2. The summed E-state index contributed by atoms with van der Waals surface area (Å²) < 4.78 is 13.4. The number of aryl methyl sites for hydroxylation is 1. The molecule has 1 saturated heterocycles. The minimum absolute atomic E-state index is 0. The van der Waals surface area contributed by atoms with Crippen LogP contribution in [0.3, 0.4) is 0 Å². The minimum Gasteiger partial charge on any atom is -0.363 e. The van der Waals surface area contributed by atoms with Crippen LogP contribution in [-0.2, 0) is 6.42 Å². The van der Waals surface area contributed by atoms with E-state index in [0.29, 0.717) is 12.1 Å². The molecular weight excluding hydrogens is 239 g/mol. The summed E-state index contributed by atoms with van der Waals surface area (Å²) in [6.45, 7) is 6.28. The molecule has 2 aliphatic rings. The van der Waals surface area contributed by atoms with E-state index < -0.39 is 0 Å². The molecule has 0 saturated carbocycles. The molecular formula is C13H18ClFN2. The summed E-state index contributed by atoms with van der Waals surface area (Å²) in [5.41, 5.74) is 3.53. The molecule has 0 aliphatic carbocycles. The number of anilines is 1. The molecule has 0 radical (unpaired) electrons. The lowest BCUT2D eigenvalue weighted by Gasteiger charge is -2.39. The van der Waals surface area contributed by atoms with E-state index in [2.05, 4.69) is 17.1 Å². The van der Waals surface area contributed by atoms with E-state index in [-0.39, 0.29) is 18.2 Å². The molecule has 2 nitrogen and oxygen atoms in total. The van der Waals surface area contributed by atoms with Crippen LogP contribution in [0.25, 0.3) is 0 Å². The molecule has 2 heterocycles. The Hall–Kier alpha value is -0.800. The van der Waals surface area contributed by atoms with Crippen molar-refractivity contribution in [2.24, 2.45) is 0 Å². The Balaban J connectivity index is 0.00000108. The van der Waals surface area contributed by atoms with E-state index in [1.54, 1.807) is 12.1 Å². The van der Waals surface area contributed by atoms with E-state index in [9.17, 15) is 4.39 Å². The zero-order valence-corrected chi connectivity index (χ0v) is 11.0. The molecule has 0 bridgehead atoms. The fourth-order valence-corrected chi connectivity index (χ4v) is 3.17. The molecule has 1 aromatic rings. The lowest BCUT2D eigenvalue weighted by molar-refractivity contribution is 0.429. The standard InChI is InChI=1S/C13H17FN2.ClH/c1-8-3-11(14)4-10-5-12-7-15-6-9(2)16(12)13(8)10;/h3-4,9,12,15H,5-7H2,1-2H3;1H. The van der Waals surface area contributed by atoms with Gasteiger partial charge in [0.15, 0.2) is 0 Å². The van der Waals surface area contributed by atoms with Crippen LogP contribution in [0.15, 0.2) is 12.1 Å². The van der Waals surface area contributed by atoms with E-state index in [0.717, 1.165) is 25.1 Å². The van der Waals surface area contributed by atoms with Crippen LogP contribution in [0.1, 0.15) is 18.1 Å². The van der Waals surface area contributed by atoms with Gasteiger partial charge in [0.25, 0.3) is 0 Å². The van der Waals surface area contributed by atoms with E-state index in [4.69, 9.17) is 0 Å². The van der Waals surface area contributed by atoms with Crippen molar-refractivity contribution >= 4 is 18.1 Å². The van der Waals surface area contributed by atoms with Crippen molar-refractivity contribution in [3.63, 3.8) is 0 Å². The first-order valence-electron chi connectivity index (χ1n) is 5.95. The topological polar surface area (TPSA) is 15.3 Å². The van der Waals surface area contributed by atoms with E-state index >= 15 is 0 Å². The summed E-state index contributed by atoms with van der Waals surface area (Å²) >= 11 is 0. The van der Waals surface area contributed by atoms with Crippen molar-refractivity contribution in [2.75, 3.05) is 18.0 Å². The Morgan fingerprint density at radius 3 is 2.88 bits per heavy atom. The highest BCUT2D eigenvalue weighted by Crippen LogP contribution is 2.38. The Morgan fingerprint density at radius 1 is 1.35 bits per heavy atom. The van der Waals surface area contributed by atoms with Gasteiger partial charge in [0.2, 0.25) is 0 Å². The summed E-state index contributed by atoms with van der Waals surface area (Å²) in [6.07, 6.45) is 0.977. The van der Waals surface area contributed by atoms with Gasteiger partial charge in [-0.25, -0.2) is 4.39 Å². The number of nitrogens with zero attached hydrogens (tertiary/aromatic N) is 1. The van der Waals surface area contributed by atoms with Crippen LogP contribution in [0.4, 0.5) is 10.1 Å². The fraction of sp³-hybridized carbons (Fsp3) is 0.538. The largest absolute Gasteiger partial charge is 0.363 e. The van der Waals surface area contributed by atoms with Gasteiger partial charge in [-0.05, 0) is 43.5 Å². The maximum atomic E-state index is 13.4. The normalized spacial score (nSPS) is 26.2. The fourth-order valence-electron chi connectivity index (χ4n) is 3.17. The molecule has 3 rings (SSSR count). The number of fused-ring (bicyclic) bond motifs is 3. The maximum Gasteiger partial charge on any atom is 0.123 e. The molecule has 17 heavy (non-hydrogen) atoms. The van der Waals surface area contributed by atoms with Crippen LogP contribution < -0.4 is 10.2 Å². The Morgan fingerprint density at radius 2 is 2.12 bits per heavy atom. The number of benzene rings is 1. The highest BCUT2D eigenvalue weighted by Gasteiger charge is 2.36. The van der Waals surface area contributed by atoms with Crippen molar-refractivity contribution in [1.29, 1.82) is 0 Å². The number of rotatable bonds is 0. The predicted molar refractivity (Wildman–Crippen MR) is 70.7 cm³/mol. The van der Waals surface area contributed by atoms with E-state index in [1.165, 1.54) is 11.3 Å². The van der Waals surface area contributed by atoms with Crippen LogP contribution in [0.2, 0.25) is 0 Å². The first-order valence-corrected chi connectivity index (χ1v) is 5.95. The van der Waals surface area contributed by atoms with Crippen molar-refractivity contribution in [2.45, 2.75) is 32.4 Å². The molecule has 1 aromatic carbocycles. The predicted octanol–water partition coefficient (Wildman–Crippen LogP) is 2.28. The molecule has 94 valence electrons. The smallest absolute Gasteiger partial charge is 0.123 e. The maximum absolute atomic E-state index is 13.4. The second-order valence-corrected chi connectivity index (χ2v) is 5.00. The molecule has 2 unspecified atom stereocenters. The van der Waals surface area contributed by atoms with Crippen LogP contribution in [0.5, 0.6) is 0 Å². The van der Waals surface area contributed by atoms with Crippen LogP contribution >= 0.6 is 12.4 Å². The minimum atomic E-state index is -0.100. The molecule has 0 aromatic heterocycles. The van der Waals surface area contributed by atoms with Gasteiger partial charge in [0, 0.05) is 30.9 Å². The first kappa shape index (κ1) is 12.7. The molecule has 2 aliphatic heterocycles. The number of hydrogen-bond donors (Lipinski definition) is 1. The number of hydrogen-bond acceptors (Lipinski definition) is 2. The third-order valence-electron chi connectivity index (χ3n) is 3.75. The molecule has 1 fully saturated rings. The zero-order valence-electron chi connectivity index (χ0n) is 10.2. The quantitative estimate of drug-likeness (QED) is 0.766. The highest BCUT2D eigenvalue weighted by molar-refractivity contribution is 5.85. The average molecular weight is 257 g/mol. The van der Waals surface area contributed by atoms with Crippen LogP contribution in [-0.4, -0.2) is 25.2 Å². The van der Waals surface area contributed by atoms with Crippen molar-refractivity contribution in [1.82, 2.24) is 5.32 Å². The van der Waals surface area contributed by atoms with Crippen molar-refractivity contribution in [3.8, 4) is 0 Å². The second kappa shape index (κ2) is 4.46. The summed E-state index contributed by atoms with van der Waals surface area (Å²) in [6, 6.07) is 4.37.